The van der Waals surface area contributed by atoms with Gasteiger partial charge < -0.3 is 14.8 Å². The lowest BCUT2D eigenvalue weighted by atomic mass is 10.1. The number of hydrogen-bond acceptors (Lipinski definition) is 3. The van der Waals surface area contributed by atoms with Gasteiger partial charge in [0.05, 0.1) is 6.54 Å². The van der Waals surface area contributed by atoms with E-state index in [2.05, 4.69) is 11.9 Å². The van der Waals surface area contributed by atoms with Crippen molar-refractivity contribution in [1.82, 2.24) is 5.32 Å². The Labute approximate surface area is 100 Å². The maximum Gasteiger partial charge on any atom is 0.243 e. The van der Waals surface area contributed by atoms with E-state index in [1.165, 1.54) is 6.08 Å². The van der Waals surface area contributed by atoms with Crippen LogP contribution in [0.2, 0.25) is 0 Å². The summed E-state index contributed by atoms with van der Waals surface area (Å²) < 4.78 is 11.4. The molecule has 0 radical (unpaired) electrons. The number of rotatable bonds is 3. The summed E-state index contributed by atoms with van der Waals surface area (Å²) in [6.45, 7) is 6.08. The van der Waals surface area contributed by atoms with Crippen molar-refractivity contribution in [2.24, 2.45) is 0 Å². The van der Waals surface area contributed by atoms with Crippen molar-refractivity contribution in [3.05, 3.63) is 36.9 Å². The number of amides is 1. The van der Waals surface area contributed by atoms with Crippen molar-refractivity contribution < 1.29 is 14.3 Å². The van der Waals surface area contributed by atoms with Gasteiger partial charge in [-0.3, -0.25) is 4.79 Å². The minimum atomic E-state index is -0.549. The monoisotopic (exact) mass is 233 g/mol. The first-order valence-corrected chi connectivity index (χ1v) is 5.44. The van der Waals surface area contributed by atoms with Crippen LogP contribution in [0.15, 0.2) is 36.9 Å². The third-order valence-electron chi connectivity index (χ3n) is 2.56. The van der Waals surface area contributed by atoms with Crippen LogP contribution >= 0.6 is 0 Å². The maximum atomic E-state index is 11.1. The minimum absolute atomic E-state index is 0.214. The molecule has 0 spiro atoms. The zero-order chi connectivity index (χ0) is 12.3. The summed E-state index contributed by atoms with van der Waals surface area (Å²) in [5.74, 6) is 1.22. The molecule has 0 fully saturated rings. The van der Waals surface area contributed by atoms with Crippen LogP contribution in [0.1, 0.15) is 6.92 Å². The van der Waals surface area contributed by atoms with Gasteiger partial charge in [-0.1, -0.05) is 18.7 Å². The standard InChI is InChI=1S/C13H15NO3/c1-3-12(15)14-8-13(2)9-16-10-6-4-5-7-11(10)17-13/h3-7H,1,8-9H2,2H3,(H,14,15). The Morgan fingerprint density at radius 3 is 2.94 bits per heavy atom. The van der Waals surface area contributed by atoms with E-state index in [0.717, 1.165) is 5.75 Å². The van der Waals surface area contributed by atoms with E-state index in [9.17, 15) is 4.79 Å². The molecule has 0 saturated heterocycles. The predicted octanol–water partition coefficient (Wildman–Crippen LogP) is 1.52. The first-order valence-electron chi connectivity index (χ1n) is 5.44. The molecule has 1 amide bonds. The lowest BCUT2D eigenvalue weighted by molar-refractivity contribution is -0.117. The van der Waals surface area contributed by atoms with Gasteiger partial charge in [-0.2, -0.15) is 0 Å². The Morgan fingerprint density at radius 2 is 2.24 bits per heavy atom. The molecule has 4 nitrogen and oxygen atoms in total. The molecule has 1 unspecified atom stereocenters. The van der Waals surface area contributed by atoms with Crippen LogP contribution in [-0.2, 0) is 4.79 Å². The number of ether oxygens (including phenoxy) is 2. The highest BCUT2D eigenvalue weighted by atomic mass is 16.6. The Morgan fingerprint density at radius 1 is 1.53 bits per heavy atom. The van der Waals surface area contributed by atoms with E-state index in [-0.39, 0.29) is 5.91 Å². The molecule has 0 saturated carbocycles. The number of carbonyl (C=O) groups is 1. The third-order valence-corrected chi connectivity index (χ3v) is 2.56. The van der Waals surface area contributed by atoms with Gasteiger partial charge in [0.25, 0.3) is 0 Å². The Bertz CT molecular complexity index is 444. The van der Waals surface area contributed by atoms with E-state index < -0.39 is 5.60 Å². The Kier molecular flexibility index (Phi) is 3.04. The zero-order valence-electron chi connectivity index (χ0n) is 9.73. The Hall–Kier alpha value is -1.97. The van der Waals surface area contributed by atoms with Gasteiger partial charge in [-0.05, 0) is 25.1 Å². The second-order valence-corrected chi connectivity index (χ2v) is 4.21. The van der Waals surface area contributed by atoms with E-state index in [0.29, 0.717) is 18.9 Å². The van der Waals surface area contributed by atoms with Crippen LogP contribution < -0.4 is 14.8 Å². The van der Waals surface area contributed by atoms with Crippen molar-refractivity contribution in [3.8, 4) is 11.5 Å². The van der Waals surface area contributed by atoms with Crippen molar-refractivity contribution in [2.45, 2.75) is 12.5 Å². The molecule has 4 heteroatoms. The minimum Gasteiger partial charge on any atom is -0.485 e. The van der Waals surface area contributed by atoms with Crippen LogP contribution in [0.3, 0.4) is 0 Å². The lowest BCUT2D eigenvalue weighted by Crippen LogP contribution is -2.50. The molecule has 0 aliphatic carbocycles. The van der Waals surface area contributed by atoms with E-state index in [1.54, 1.807) is 0 Å². The molecule has 2 rings (SSSR count). The fourth-order valence-electron chi connectivity index (χ4n) is 1.61. The fraction of sp³-hybridized carbons (Fsp3) is 0.308. The van der Waals surface area contributed by atoms with Crippen molar-refractivity contribution >= 4 is 5.91 Å². The first kappa shape index (κ1) is 11.5. The number of benzene rings is 1. The maximum absolute atomic E-state index is 11.1. The zero-order valence-corrected chi connectivity index (χ0v) is 9.73. The van der Waals surface area contributed by atoms with Crippen molar-refractivity contribution in [3.63, 3.8) is 0 Å². The molecule has 1 atom stereocenters. The molecule has 90 valence electrons. The fourth-order valence-corrected chi connectivity index (χ4v) is 1.61. The number of nitrogens with one attached hydrogen (secondary N) is 1. The van der Waals surface area contributed by atoms with Gasteiger partial charge in [0.2, 0.25) is 5.91 Å². The van der Waals surface area contributed by atoms with Gasteiger partial charge in [0.1, 0.15) is 6.61 Å². The highest BCUT2D eigenvalue weighted by Crippen LogP contribution is 2.34. The van der Waals surface area contributed by atoms with E-state index in [4.69, 9.17) is 9.47 Å². The second kappa shape index (κ2) is 4.49. The molecule has 0 aromatic heterocycles. The molecule has 1 aliphatic heterocycles. The number of para-hydroxylation sites is 2. The molecule has 0 bridgehead atoms. The average Bonchev–Trinajstić information content (AvgIpc) is 2.36. The largest absolute Gasteiger partial charge is 0.485 e. The van der Waals surface area contributed by atoms with Crippen LogP contribution in [0.25, 0.3) is 0 Å². The van der Waals surface area contributed by atoms with E-state index in [1.807, 2.05) is 31.2 Å². The number of fused-ring (bicyclic) bond motifs is 1. The van der Waals surface area contributed by atoms with Crippen LogP contribution in [0.4, 0.5) is 0 Å². The summed E-state index contributed by atoms with van der Waals surface area (Å²) in [5.41, 5.74) is -0.549. The molecule has 1 aromatic rings. The smallest absolute Gasteiger partial charge is 0.243 e. The lowest BCUT2D eigenvalue weighted by Gasteiger charge is -2.35. The highest BCUT2D eigenvalue weighted by molar-refractivity contribution is 5.86. The van der Waals surface area contributed by atoms with Crippen LogP contribution in [0, 0.1) is 0 Å². The summed E-state index contributed by atoms with van der Waals surface area (Å²) in [5, 5.41) is 2.71. The SMILES string of the molecule is C=CC(=O)NCC1(C)COc2ccccc2O1. The van der Waals surface area contributed by atoms with Gasteiger partial charge in [0.15, 0.2) is 17.1 Å². The van der Waals surface area contributed by atoms with Crippen molar-refractivity contribution in [1.29, 1.82) is 0 Å². The van der Waals surface area contributed by atoms with Gasteiger partial charge in [0, 0.05) is 0 Å². The molecular formula is C13H15NO3. The number of hydrogen-bond donors (Lipinski definition) is 1. The third kappa shape index (κ3) is 2.58. The van der Waals surface area contributed by atoms with Gasteiger partial charge in [-0.25, -0.2) is 0 Å². The molecular weight excluding hydrogens is 218 g/mol. The highest BCUT2D eigenvalue weighted by Gasteiger charge is 2.33. The predicted molar refractivity (Wildman–Crippen MR) is 64.2 cm³/mol. The molecule has 1 aliphatic rings. The van der Waals surface area contributed by atoms with E-state index >= 15 is 0 Å². The van der Waals surface area contributed by atoms with Gasteiger partial charge in [-0.15, -0.1) is 0 Å². The molecule has 1 N–H and O–H groups in total. The van der Waals surface area contributed by atoms with Crippen molar-refractivity contribution in [2.75, 3.05) is 13.2 Å². The number of carbonyl (C=O) groups excluding carboxylic acids is 1. The molecule has 17 heavy (non-hydrogen) atoms. The summed E-state index contributed by atoms with van der Waals surface area (Å²) in [6, 6.07) is 7.49. The Balaban J connectivity index is 2.05. The quantitative estimate of drug-likeness (QED) is 0.805. The summed E-state index contributed by atoms with van der Waals surface area (Å²) in [7, 11) is 0. The normalized spacial score (nSPS) is 21.7. The molecule has 1 heterocycles. The summed E-state index contributed by atoms with van der Waals surface area (Å²) >= 11 is 0. The van der Waals surface area contributed by atoms with Crippen LogP contribution in [-0.4, -0.2) is 24.7 Å². The van der Waals surface area contributed by atoms with Crippen LogP contribution in [0.5, 0.6) is 11.5 Å². The second-order valence-electron chi connectivity index (χ2n) is 4.21. The molecule has 1 aromatic carbocycles. The summed E-state index contributed by atoms with van der Waals surface area (Å²) in [6.07, 6.45) is 1.24. The van der Waals surface area contributed by atoms with Gasteiger partial charge >= 0.3 is 0 Å². The first-order chi connectivity index (χ1) is 8.13. The summed E-state index contributed by atoms with van der Waals surface area (Å²) in [4.78, 5) is 11.1. The topological polar surface area (TPSA) is 47.6 Å². The average molecular weight is 233 g/mol.